The lowest BCUT2D eigenvalue weighted by atomic mass is 10.1. The minimum atomic E-state index is -0.676. The molecule has 2 heterocycles. The highest BCUT2D eigenvalue weighted by Gasteiger charge is 2.26. The molecule has 0 bridgehead atoms. The van der Waals surface area contributed by atoms with E-state index < -0.39 is 11.9 Å². The lowest BCUT2D eigenvalue weighted by molar-refractivity contribution is -0.113. The van der Waals surface area contributed by atoms with Crippen LogP contribution in [0.5, 0.6) is 5.75 Å². The van der Waals surface area contributed by atoms with Crippen molar-refractivity contribution in [1.29, 1.82) is 0 Å². The monoisotopic (exact) mass is 531 g/mol. The number of esters is 1. The molecule has 10 nitrogen and oxygen atoms in total. The molecule has 0 atom stereocenters. The van der Waals surface area contributed by atoms with E-state index in [0.717, 1.165) is 28.2 Å². The number of thiophene rings is 1. The number of rotatable bonds is 11. The van der Waals surface area contributed by atoms with Gasteiger partial charge >= 0.3 is 5.97 Å². The molecule has 0 saturated carbocycles. The van der Waals surface area contributed by atoms with Crippen LogP contribution in [0.4, 0.5) is 5.00 Å². The van der Waals surface area contributed by atoms with Crippen LogP contribution in [0.2, 0.25) is 0 Å². The van der Waals surface area contributed by atoms with Crippen molar-refractivity contribution in [1.82, 2.24) is 14.8 Å². The summed E-state index contributed by atoms with van der Waals surface area (Å²) in [7, 11) is 0. The van der Waals surface area contributed by atoms with Crippen LogP contribution < -0.4 is 15.8 Å². The van der Waals surface area contributed by atoms with Crippen LogP contribution >= 0.6 is 23.1 Å². The first-order valence-corrected chi connectivity index (χ1v) is 13.1. The Morgan fingerprint density at radius 3 is 2.56 bits per heavy atom. The number of benzene rings is 1. The number of primary amides is 1. The molecule has 0 aliphatic rings. The number of carbonyl (C=O) groups is 3. The third-order valence-electron chi connectivity index (χ3n) is 5.46. The van der Waals surface area contributed by atoms with Gasteiger partial charge in [0.1, 0.15) is 17.4 Å². The van der Waals surface area contributed by atoms with E-state index in [1.165, 1.54) is 11.8 Å². The molecule has 0 aliphatic heterocycles. The zero-order valence-electron chi connectivity index (χ0n) is 20.8. The number of hydrogen-bond acceptors (Lipinski definition) is 9. The lowest BCUT2D eigenvalue weighted by Crippen LogP contribution is -2.17. The van der Waals surface area contributed by atoms with Crippen LogP contribution in [0.15, 0.2) is 23.4 Å². The summed E-state index contributed by atoms with van der Waals surface area (Å²) in [6.07, 6.45) is 0. The molecule has 192 valence electrons. The van der Waals surface area contributed by atoms with Gasteiger partial charge in [-0.25, -0.2) is 4.79 Å². The Morgan fingerprint density at radius 2 is 1.89 bits per heavy atom. The Kier molecular flexibility index (Phi) is 9.10. The van der Waals surface area contributed by atoms with E-state index in [4.69, 9.17) is 15.2 Å². The summed E-state index contributed by atoms with van der Waals surface area (Å²) >= 11 is 2.16. The number of nitrogens with zero attached hydrogens (tertiary/aromatic N) is 3. The number of anilines is 1. The highest BCUT2D eigenvalue weighted by atomic mass is 32.2. The van der Waals surface area contributed by atoms with Gasteiger partial charge in [-0.05, 0) is 57.4 Å². The molecule has 0 aliphatic carbocycles. The quantitative estimate of drug-likeness (QED) is 0.281. The summed E-state index contributed by atoms with van der Waals surface area (Å²) in [4.78, 5) is 37.1. The summed E-state index contributed by atoms with van der Waals surface area (Å²) in [6.45, 7) is 10.3. The first-order chi connectivity index (χ1) is 17.2. The van der Waals surface area contributed by atoms with Crippen molar-refractivity contribution in [2.75, 3.05) is 17.7 Å². The number of aromatic nitrogens is 3. The molecule has 2 amide bonds. The molecular weight excluding hydrogens is 502 g/mol. The fraction of sp³-hybridized carbons (Fsp3) is 0.375. The van der Waals surface area contributed by atoms with Crippen molar-refractivity contribution in [3.05, 3.63) is 51.2 Å². The van der Waals surface area contributed by atoms with Crippen molar-refractivity contribution in [2.24, 2.45) is 5.73 Å². The van der Waals surface area contributed by atoms with Crippen LogP contribution in [-0.4, -0.2) is 44.9 Å². The zero-order valence-corrected chi connectivity index (χ0v) is 22.5. The molecule has 3 aromatic rings. The van der Waals surface area contributed by atoms with Gasteiger partial charge in [-0.1, -0.05) is 23.9 Å². The second-order valence-electron chi connectivity index (χ2n) is 7.81. The third-order valence-corrected chi connectivity index (χ3v) is 7.65. The topological polar surface area (TPSA) is 138 Å². The Hall–Kier alpha value is -3.38. The summed E-state index contributed by atoms with van der Waals surface area (Å²) in [5, 5.41) is 11.9. The minimum absolute atomic E-state index is 0.0150. The van der Waals surface area contributed by atoms with Gasteiger partial charge in [0, 0.05) is 6.54 Å². The number of hydrogen-bond donors (Lipinski definition) is 2. The molecule has 0 spiro atoms. The number of amides is 2. The molecule has 3 rings (SSSR count). The predicted molar refractivity (Wildman–Crippen MR) is 139 cm³/mol. The van der Waals surface area contributed by atoms with Crippen molar-refractivity contribution in [2.45, 2.75) is 52.9 Å². The Labute approximate surface area is 217 Å². The number of ether oxygens (including phenoxy) is 2. The number of carbonyl (C=O) groups excluding carboxylic acids is 3. The SMILES string of the molecule is CCOC(=O)c1c(NC(=O)CSc2nnc(COc3cccc(C)c3C)n2CC)sc(C(N)=O)c1C. The molecule has 1 aromatic carbocycles. The molecule has 0 unspecified atom stereocenters. The fourth-order valence-corrected chi connectivity index (χ4v) is 5.34. The lowest BCUT2D eigenvalue weighted by Gasteiger charge is -2.11. The average Bonchev–Trinajstić information content (AvgIpc) is 3.38. The molecular formula is C24H29N5O5S2. The van der Waals surface area contributed by atoms with Crippen LogP contribution in [0, 0.1) is 20.8 Å². The molecule has 2 aromatic heterocycles. The van der Waals surface area contributed by atoms with Gasteiger partial charge in [0.15, 0.2) is 11.0 Å². The second-order valence-corrected chi connectivity index (χ2v) is 9.77. The predicted octanol–water partition coefficient (Wildman–Crippen LogP) is 3.87. The minimum Gasteiger partial charge on any atom is -0.485 e. The van der Waals surface area contributed by atoms with Gasteiger partial charge < -0.3 is 25.1 Å². The van der Waals surface area contributed by atoms with E-state index in [-0.39, 0.29) is 40.3 Å². The molecule has 0 saturated heterocycles. The van der Waals surface area contributed by atoms with E-state index in [1.807, 2.05) is 43.5 Å². The maximum atomic E-state index is 12.7. The van der Waals surface area contributed by atoms with Crippen LogP contribution in [0.25, 0.3) is 0 Å². The number of aryl methyl sites for hydroxylation is 1. The van der Waals surface area contributed by atoms with Crippen LogP contribution in [-0.2, 0) is 22.7 Å². The first-order valence-electron chi connectivity index (χ1n) is 11.3. The van der Waals surface area contributed by atoms with Gasteiger partial charge in [-0.15, -0.1) is 21.5 Å². The zero-order chi connectivity index (χ0) is 26.4. The largest absolute Gasteiger partial charge is 0.485 e. The van der Waals surface area contributed by atoms with Crippen molar-refractivity contribution < 1.29 is 23.9 Å². The van der Waals surface area contributed by atoms with E-state index in [9.17, 15) is 14.4 Å². The van der Waals surface area contributed by atoms with E-state index in [0.29, 0.717) is 23.1 Å². The standard InChI is InChI=1S/C24H29N5O5S2/c1-6-29-17(11-34-16-10-8-9-13(3)14(16)4)27-28-24(29)35-12-18(30)26-22-19(23(32)33-7-2)15(5)20(36-22)21(25)31/h8-10H,6-7,11-12H2,1-5H3,(H2,25,31)(H,26,30). The van der Waals surface area contributed by atoms with E-state index >= 15 is 0 Å². The Balaban J connectivity index is 1.69. The molecule has 0 radical (unpaired) electrons. The maximum absolute atomic E-state index is 12.7. The van der Waals surface area contributed by atoms with E-state index in [1.54, 1.807) is 13.8 Å². The highest BCUT2D eigenvalue weighted by molar-refractivity contribution is 7.99. The molecule has 0 fully saturated rings. The second kappa shape index (κ2) is 12.0. The first kappa shape index (κ1) is 27.2. The maximum Gasteiger partial charge on any atom is 0.341 e. The highest BCUT2D eigenvalue weighted by Crippen LogP contribution is 2.34. The summed E-state index contributed by atoms with van der Waals surface area (Å²) in [5.74, 6) is -0.229. The molecule has 12 heteroatoms. The van der Waals surface area contributed by atoms with Gasteiger partial charge in [-0.2, -0.15) is 0 Å². The Bertz CT molecular complexity index is 1280. The van der Waals surface area contributed by atoms with Crippen LogP contribution in [0.3, 0.4) is 0 Å². The summed E-state index contributed by atoms with van der Waals surface area (Å²) in [5.41, 5.74) is 8.15. The van der Waals surface area contributed by atoms with Crippen LogP contribution in [0.1, 0.15) is 56.4 Å². The third kappa shape index (κ3) is 6.05. The fourth-order valence-electron chi connectivity index (χ4n) is 3.45. The van der Waals surface area contributed by atoms with E-state index in [2.05, 4.69) is 15.5 Å². The summed E-state index contributed by atoms with van der Waals surface area (Å²) < 4.78 is 12.9. The van der Waals surface area contributed by atoms with Gasteiger partial charge in [0.25, 0.3) is 5.91 Å². The smallest absolute Gasteiger partial charge is 0.341 e. The van der Waals surface area contributed by atoms with Gasteiger partial charge in [0.05, 0.1) is 22.8 Å². The summed E-state index contributed by atoms with van der Waals surface area (Å²) in [6, 6.07) is 5.88. The van der Waals surface area contributed by atoms with Crippen molar-refractivity contribution in [3.8, 4) is 5.75 Å². The van der Waals surface area contributed by atoms with Gasteiger partial charge in [-0.3, -0.25) is 9.59 Å². The Morgan fingerprint density at radius 1 is 1.14 bits per heavy atom. The van der Waals surface area contributed by atoms with Gasteiger partial charge in [0.2, 0.25) is 5.91 Å². The van der Waals surface area contributed by atoms with Crippen molar-refractivity contribution >= 4 is 45.9 Å². The average molecular weight is 532 g/mol. The molecule has 36 heavy (non-hydrogen) atoms. The van der Waals surface area contributed by atoms with Crippen molar-refractivity contribution in [3.63, 3.8) is 0 Å². The number of thioether (sulfide) groups is 1. The number of nitrogens with one attached hydrogen (secondary N) is 1. The number of nitrogens with two attached hydrogens (primary N) is 1. The normalized spacial score (nSPS) is 10.8. The molecule has 3 N–H and O–H groups in total.